The zero-order valence-corrected chi connectivity index (χ0v) is 17.5. The number of hydrogen-bond donors (Lipinski definition) is 0. The molecule has 0 bridgehead atoms. The number of benzene rings is 3. The number of aryl methyl sites for hydroxylation is 1. The lowest BCUT2D eigenvalue weighted by Crippen LogP contribution is -2.21. The maximum atomic E-state index is 13.5. The maximum absolute atomic E-state index is 13.5. The first-order valence-corrected chi connectivity index (χ1v) is 10.3. The van der Waals surface area contributed by atoms with Crippen LogP contribution in [0.4, 0.5) is 0 Å². The number of ketones is 1. The maximum Gasteiger partial charge on any atom is 0.340 e. The Hall–Kier alpha value is -3.79. The minimum absolute atomic E-state index is 0.258. The van der Waals surface area contributed by atoms with Crippen LogP contribution in [0.15, 0.2) is 84.9 Å². The second-order valence-electron chi connectivity index (χ2n) is 7.36. The van der Waals surface area contributed by atoms with Gasteiger partial charge in [-0.25, -0.2) is 4.79 Å². The number of aromatic nitrogens is 1. The van der Waals surface area contributed by atoms with Gasteiger partial charge in [-0.15, -0.1) is 0 Å². The van der Waals surface area contributed by atoms with Crippen molar-refractivity contribution >= 4 is 22.7 Å². The van der Waals surface area contributed by atoms with E-state index >= 15 is 0 Å². The number of ether oxygens (including phenoxy) is 1. The number of Topliss-reactive ketones (excluding diaryl/α,β-unsaturated/α-hetero) is 1. The average molecular weight is 409 g/mol. The van der Waals surface area contributed by atoms with Crippen molar-refractivity contribution in [2.24, 2.45) is 0 Å². The summed E-state index contributed by atoms with van der Waals surface area (Å²) in [5, 5.41) is 0.723. The van der Waals surface area contributed by atoms with E-state index in [9.17, 15) is 9.59 Å². The number of hydrogen-bond acceptors (Lipinski definition) is 4. The molecule has 0 spiro atoms. The smallest absolute Gasteiger partial charge is 0.340 e. The summed E-state index contributed by atoms with van der Waals surface area (Å²) in [6, 6.07) is 25.5. The molecule has 0 unspecified atom stereocenters. The Bertz CT molecular complexity index is 1230. The van der Waals surface area contributed by atoms with Gasteiger partial charge in [0.05, 0.1) is 11.1 Å². The number of esters is 1. The molecule has 4 nitrogen and oxygen atoms in total. The molecule has 1 aromatic heterocycles. The standard InChI is InChI=1S/C27H23NO3/c1-3-22-18(2)24(21-16-10-11-17-23(21)28-22)27(30)31-26(20-14-8-5-9-15-20)25(29)19-12-6-4-7-13-19/h4-17,26H,3H2,1-2H3/t26-/m0/s1. The van der Waals surface area contributed by atoms with Gasteiger partial charge in [0.1, 0.15) is 0 Å². The lowest BCUT2D eigenvalue weighted by molar-refractivity contribution is 0.0281. The third-order valence-electron chi connectivity index (χ3n) is 5.40. The van der Waals surface area contributed by atoms with Crippen molar-refractivity contribution in [1.82, 2.24) is 4.98 Å². The number of nitrogens with zero attached hydrogens (tertiary/aromatic N) is 1. The number of carbonyl (C=O) groups excluding carboxylic acids is 2. The molecule has 4 heteroatoms. The minimum atomic E-state index is -1.03. The summed E-state index contributed by atoms with van der Waals surface area (Å²) >= 11 is 0. The topological polar surface area (TPSA) is 56.3 Å². The fraction of sp³-hybridized carbons (Fsp3) is 0.148. The van der Waals surface area contributed by atoms with Crippen LogP contribution in [0.3, 0.4) is 0 Å². The molecule has 0 aliphatic heterocycles. The zero-order chi connectivity index (χ0) is 21.8. The van der Waals surface area contributed by atoms with Crippen LogP contribution in [-0.2, 0) is 11.2 Å². The summed E-state index contributed by atoms with van der Waals surface area (Å²) in [6.07, 6.45) is -0.338. The van der Waals surface area contributed by atoms with E-state index in [1.807, 2.05) is 62.4 Å². The Morgan fingerprint density at radius 3 is 2.16 bits per heavy atom. The van der Waals surface area contributed by atoms with Gasteiger partial charge in [0, 0.05) is 22.2 Å². The third-order valence-corrected chi connectivity index (χ3v) is 5.40. The molecular weight excluding hydrogens is 386 g/mol. The van der Waals surface area contributed by atoms with Crippen molar-refractivity contribution in [2.45, 2.75) is 26.4 Å². The van der Waals surface area contributed by atoms with Crippen molar-refractivity contribution in [3.8, 4) is 0 Å². The summed E-state index contributed by atoms with van der Waals surface area (Å²) < 4.78 is 5.91. The molecule has 0 N–H and O–H groups in total. The SMILES string of the molecule is CCc1nc2ccccc2c(C(=O)O[C@H](C(=O)c2ccccc2)c2ccccc2)c1C. The number of pyridine rings is 1. The summed E-state index contributed by atoms with van der Waals surface area (Å²) in [5.41, 5.74) is 3.96. The first kappa shape index (κ1) is 20.5. The molecule has 1 heterocycles. The molecule has 31 heavy (non-hydrogen) atoms. The molecule has 0 radical (unpaired) electrons. The highest BCUT2D eigenvalue weighted by molar-refractivity contribution is 6.07. The summed E-state index contributed by atoms with van der Waals surface area (Å²) in [4.78, 5) is 31.4. The molecular formula is C27H23NO3. The van der Waals surface area contributed by atoms with Gasteiger partial charge in [0.15, 0.2) is 6.10 Å². The van der Waals surface area contributed by atoms with Gasteiger partial charge in [0.2, 0.25) is 5.78 Å². The van der Waals surface area contributed by atoms with Crippen LogP contribution in [-0.4, -0.2) is 16.7 Å². The average Bonchev–Trinajstić information content (AvgIpc) is 2.82. The predicted octanol–water partition coefficient (Wildman–Crippen LogP) is 5.89. The van der Waals surface area contributed by atoms with E-state index in [0.29, 0.717) is 23.1 Å². The summed E-state index contributed by atoms with van der Waals surface area (Å²) in [6.45, 7) is 3.89. The van der Waals surface area contributed by atoms with Crippen molar-refractivity contribution in [3.05, 3.63) is 113 Å². The molecule has 4 aromatic rings. The Balaban J connectivity index is 1.79. The highest BCUT2D eigenvalue weighted by atomic mass is 16.5. The third kappa shape index (κ3) is 4.10. The fourth-order valence-electron chi connectivity index (χ4n) is 3.79. The molecule has 154 valence electrons. The molecule has 3 aromatic carbocycles. The molecule has 0 aliphatic carbocycles. The van der Waals surface area contributed by atoms with Crippen LogP contribution >= 0.6 is 0 Å². The number of carbonyl (C=O) groups is 2. The normalized spacial score (nSPS) is 11.8. The van der Waals surface area contributed by atoms with E-state index in [1.165, 1.54) is 0 Å². The number of fused-ring (bicyclic) bond motifs is 1. The molecule has 0 fully saturated rings. The number of rotatable bonds is 6. The molecule has 0 saturated heterocycles. The second-order valence-corrected chi connectivity index (χ2v) is 7.36. The van der Waals surface area contributed by atoms with E-state index in [4.69, 9.17) is 4.74 Å². The van der Waals surface area contributed by atoms with E-state index in [1.54, 1.807) is 36.4 Å². The lowest BCUT2D eigenvalue weighted by Gasteiger charge is -2.19. The monoisotopic (exact) mass is 409 g/mol. The Morgan fingerprint density at radius 1 is 0.871 bits per heavy atom. The highest BCUT2D eigenvalue weighted by Gasteiger charge is 2.28. The van der Waals surface area contributed by atoms with Gasteiger partial charge < -0.3 is 4.74 Å². The van der Waals surface area contributed by atoms with Crippen molar-refractivity contribution in [2.75, 3.05) is 0 Å². The molecule has 1 atom stereocenters. The van der Waals surface area contributed by atoms with Gasteiger partial charge in [-0.05, 0) is 25.0 Å². The van der Waals surface area contributed by atoms with Crippen LogP contribution in [0, 0.1) is 6.92 Å². The molecule has 0 amide bonds. The summed E-state index contributed by atoms with van der Waals surface area (Å²) in [7, 11) is 0. The lowest BCUT2D eigenvalue weighted by atomic mass is 9.98. The van der Waals surface area contributed by atoms with E-state index < -0.39 is 12.1 Å². The van der Waals surface area contributed by atoms with Crippen LogP contribution in [0.1, 0.15) is 50.6 Å². The first-order valence-electron chi connectivity index (χ1n) is 10.3. The van der Waals surface area contributed by atoms with Gasteiger partial charge in [-0.2, -0.15) is 0 Å². The van der Waals surface area contributed by atoms with Crippen molar-refractivity contribution in [1.29, 1.82) is 0 Å². The quantitative estimate of drug-likeness (QED) is 0.294. The van der Waals surface area contributed by atoms with E-state index in [0.717, 1.165) is 22.2 Å². The van der Waals surface area contributed by atoms with Crippen LogP contribution in [0.5, 0.6) is 0 Å². The minimum Gasteiger partial charge on any atom is -0.445 e. The van der Waals surface area contributed by atoms with E-state index in [-0.39, 0.29) is 5.78 Å². The summed E-state index contributed by atoms with van der Waals surface area (Å²) in [5.74, 6) is -0.782. The first-order chi connectivity index (χ1) is 15.1. The van der Waals surface area contributed by atoms with Crippen molar-refractivity contribution < 1.29 is 14.3 Å². The molecule has 0 aliphatic rings. The zero-order valence-electron chi connectivity index (χ0n) is 17.5. The van der Waals surface area contributed by atoms with E-state index in [2.05, 4.69) is 4.98 Å². The van der Waals surface area contributed by atoms with Gasteiger partial charge >= 0.3 is 5.97 Å². The predicted molar refractivity (Wildman–Crippen MR) is 121 cm³/mol. The Labute approximate surface area is 181 Å². The Kier molecular flexibility index (Phi) is 5.89. The second kappa shape index (κ2) is 8.92. The van der Waals surface area contributed by atoms with Gasteiger partial charge in [-0.1, -0.05) is 85.8 Å². The molecule has 0 saturated carbocycles. The van der Waals surface area contributed by atoms with Crippen LogP contribution in [0.25, 0.3) is 10.9 Å². The van der Waals surface area contributed by atoms with Crippen LogP contribution in [0.2, 0.25) is 0 Å². The fourth-order valence-corrected chi connectivity index (χ4v) is 3.79. The van der Waals surface area contributed by atoms with Gasteiger partial charge in [-0.3, -0.25) is 9.78 Å². The molecule has 4 rings (SSSR count). The largest absolute Gasteiger partial charge is 0.445 e. The Morgan fingerprint density at radius 2 is 1.48 bits per heavy atom. The van der Waals surface area contributed by atoms with Gasteiger partial charge in [0.25, 0.3) is 0 Å². The highest BCUT2D eigenvalue weighted by Crippen LogP contribution is 2.29. The van der Waals surface area contributed by atoms with Crippen molar-refractivity contribution in [3.63, 3.8) is 0 Å². The van der Waals surface area contributed by atoms with Crippen LogP contribution < -0.4 is 0 Å². The number of para-hydroxylation sites is 1.